The summed E-state index contributed by atoms with van der Waals surface area (Å²) in [6.45, 7) is 0. The van der Waals surface area contributed by atoms with Gasteiger partial charge in [-0.1, -0.05) is 30.3 Å². The normalized spacial score (nSPS) is 13.7. The van der Waals surface area contributed by atoms with Gasteiger partial charge in [0.25, 0.3) is 4.95 Å². The van der Waals surface area contributed by atoms with E-state index in [0.717, 1.165) is 5.56 Å². The number of amides is 1. The van der Waals surface area contributed by atoms with Gasteiger partial charge in [-0.05, 0) is 21.5 Å². The largest absolute Gasteiger partial charge is 0.349 e. The molecule has 0 N–H and O–H groups in total. The van der Waals surface area contributed by atoms with Gasteiger partial charge < -0.3 is 4.90 Å². The van der Waals surface area contributed by atoms with E-state index in [1.807, 2.05) is 18.2 Å². The van der Waals surface area contributed by atoms with Crippen molar-refractivity contribution in [2.75, 3.05) is 14.1 Å². The predicted molar refractivity (Wildman–Crippen MR) is 72.2 cm³/mol. The maximum Gasteiger partial charge on any atom is 0.273 e. The Morgan fingerprint density at radius 2 is 1.94 bits per heavy atom. The van der Waals surface area contributed by atoms with Gasteiger partial charge >= 0.3 is 0 Å². The third-order valence-electron chi connectivity index (χ3n) is 2.65. The Kier molecular flexibility index (Phi) is 5.27. The van der Waals surface area contributed by atoms with Crippen LogP contribution in [0.4, 0.5) is 0 Å². The summed E-state index contributed by atoms with van der Waals surface area (Å²) in [5.41, 5.74) is 0.784. The molecule has 6 heteroatoms. The minimum Gasteiger partial charge on any atom is -0.349 e. The maximum absolute atomic E-state index is 11.7. The van der Waals surface area contributed by atoms with Crippen LogP contribution in [0.25, 0.3) is 0 Å². The van der Waals surface area contributed by atoms with E-state index in [1.54, 1.807) is 26.2 Å². The number of hydrogen-bond acceptors (Lipinski definition) is 3. The quantitative estimate of drug-likeness (QED) is 0.362. The molecule has 1 rings (SSSR count). The highest BCUT2D eigenvalue weighted by molar-refractivity contribution is 9.09. The lowest BCUT2D eigenvalue weighted by Gasteiger charge is -2.19. The smallest absolute Gasteiger partial charge is 0.273 e. The van der Waals surface area contributed by atoms with Crippen LogP contribution in [-0.2, 0) is 4.79 Å². The molecule has 0 radical (unpaired) electrons. The number of hydrogen-bond donors (Lipinski definition) is 0. The summed E-state index contributed by atoms with van der Waals surface area (Å²) >= 11 is 3.05. The Labute approximate surface area is 114 Å². The van der Waals surface area contributed by atoms with Crippen molar-refractivity contribution in [1.82, 2.24) is 4.90 Å². The van der Waals surface area contributed by atoms with Gasteiger partial charge in [-0.25, -0.2) is 0 Å². The summed E-state index contributed by atoms with van der Waals surface area (Å²) in [5, 5.41) is 10.9. The van der Waals surface area contributed by atoms with Crippen LogP contribution in [0.3, 0.4) is 0 Å². The van der Waals surface area contributed by atoms with Gasteiger partial charge in [-0.15, -0.1) is 0 Å². The number of benzene rings is 1. The summed E-state index contributed by atoms with van der Waals surface area (Å²) in [4.78, 5) is 22.7. The number of alkyl halides is 1. The van der Waals surface area contributed by atoms with Gasteiger partial charge in [0.1, 0.15) is 0 Å². The molecule has 2 unspecified atom stereocenters. The van der Waals surface area contributed by atoms with E-state index in [2.05, 4.69) is 15.9 Å². The van der Waals surface area contributed by atoms with Crippen LogP contribution in [-0.4, -0.2) is 34.8 Å². The highest BCUT2D eigenvalue weighted by atomic mass is 79.9. The van der Waals surface area contributed by atoms with Crippen LogP contribution in [0.5, 0.6) is 0 Å². The summed E-state index contributed by atoms with van der Waals surface area (Å²) in [5.74, 6) is -0.605. The second kappa shape index (κ2) is 6.49. The van der Waals surface area contributed by atoms with Crippen molar-refractivity contribution >= 4 is 21.8 Å². The molecule has 18 heavy (non-hydrogen) atoms. The van der Waals surface area contributed by atoms with Crippen LogP contribution in [0.15, 0.2) is 30.3 Å². The molecule has 1 amide bonds. The fraction of sp³-hybridized carbons (Fsp3) is 0.417. The van der Waals surface area contributed by atoms with Crippen LogP contribution in [0.2, 0.25) is 0 Å². The lowest BCUT2D eigenvalue weighted by Crippen LogP contribution is -2.29. The zero-order valence-corrected chi connectivity index (χ0v) is 11.8. The Bertz CT molecular complexity index is 423. The monoisotopic (exact) mass is 314 g/mol. The molecule has 0 spiro atoms. The SMILES string of the molecule is CN(C)C(=O)CC(c1ccccc1)C(Br)[N+](=O)[O-]. The van der Waals surface area contributed by atoms with E-state index in [0.29, 0.717) is 0 Å². The molecule has 98 valence electrons. The number of rotatable bonds is 5. The maximum atomic E-state index is 11.7. The van der Waals surface area contributed by atoms with Crippen LogP contribution in [0.1, 0.15) is 17.9 Å². The number of carbonyl (C=O) groups is 1. The summed E-state index contributed by atoms with van der Waals surface area (Å²) in [6.07, 6.45) is 0.105. The predicted octanol–water partition coefficient (Wildman–Crippen LogP) is 2.25. The second-order valence-corrected chi connectivity index (χ2v) is 5.11. The molecule has 0 aliphatic rings. The van der Waals surface area contributed by atoms with E-state index in [9.17, 15) is 14.9 Å². The molecule has 1 aromatic rings. The van der Waals surface area contributed by atoms with Crippen molar-refractivity contribution in [3.63, 3.8) is 0 Å². The average Bonchev–Trinajstić information content (AvgIpc) is 2.35. The fourth-order valence-electron chi connectivity index (χ4n) is 1.59. The lowest BCUT2D eigenvalue weighted by atomic mass is 9.95. The highest BCUT2D eigenvalue weighted by Gasteiger charge is 2.32. The summed E-state index contributed by atoms with van der Waals surface area (Å²) < 4.78 is 0. The van der Waals surface area contributed by atoms with Crippen molar-refractivity contribution in [2.24, 2.45) is 0 Å². The first kappa shape index (κ1) is 14.6. The number of nitro groups is 1. The van der Waals surface area contributed by atoms with E-state index in [1.165, 1.54) is 4.90 Å². The van der Waals surface area contributed by atoms with Gasteiger partial charge in [0, 0.05) is 25.4 Å². The average molecular weight is 315 g/mol. The Hall–Kier alpha value is -1.43. The molecular formula is C12H15BrN2O3. The Morgan fingerprint density at radius 1 is 1.39 bits per heavy atom. The standard InChI is InChI=1S/C12H15BrN2O3/c1-14(2)11(16)8-10(12(13)15(17)18)9-6-4-3-5-7-9/h3-7,10,12H,8H2,1-2H3. The van der Waals surface area contributed by atoms with Crippen LogP contribution in [0, 0.1) is 10.1 Å². The number of carbonyl (C=O) groups excluding carboxylic acids is 1. The topological polar surface area (TPSA) is 63.5 Å². The zero-order valence-electron chi connectivity index (χ0n) is 10.2. The van der Waals surface area contributed by atoms with E-state index in [4.69, 9.17) is 0 Å². The molecule has 0 saturated heterocycles. The number of halogens is 1. The first-order valence-electron chi connectivity index (χ1n) is 5.46. The van der Waals surface area contributed by atoms with Crippen molar-refractivity contribution < 1.29 is 9.72 Å². The summed E-state index contributed by atoms with van der Waals surface area (Å²) in [7, 11) is 3.28. The van der Waals surface area contributed by atoms with Crippen LogP contribution >= 0.6 is 15.9 Å². The molecule has 1 aromatic carbocycles. The van der Waals surface area contributed by atoms with E-state index >= 15 is 0 Å². The lowest BCUT2D eigenvalue weighted by molar-refractivity contribution is -0.496. The first-order valence-corrected chi connectivity index (χ1v) is 6.37. The van der Waals surface area contributed by atoms with E-state index in [-0.39, 0.29) is 12.3 Å². The molecule has 2 atom stereocenters. The van der Waals surface area contributed by atoms with Crippen LogP contribution < -0.4 is 0 Å². The molecule has 0 aromatic heterocycles. The minimum atomic E-state index is -0.969. The molecule has 0 bridgehead atoms. The molecule has 0 fully saturated rings. The molecule has 0 aliphatic heterocycles. The Morgan fingerprint density at radius 3 is 2.39 bits per heavy atom. The molecule has 0 aliphatic carbocycles. The molecule has 5 nitrogen and oxygen atoms in total. The fourth-order valence-corrected chi connectivity index (χ4v) is 2.08. The minimum absolute atomic E-state index is 0.105. The van der Waals surface area contributed by atoms with Gasteiger partial charge in [0.05, 0.1) is 5.92 Å². The molecule has 0 heterocycles. The van der Waals surface area contributed by atoms with Gasteiger partial charge in [0.2, 0.25) is 5.91 Å². The van der Waals surface area contributed by atoms with Crippen molar-refractivity contribution in [2.45, 2.75) is 17.3 Å². The van der Waals surface area contributed by atoms with Crippen molar-refractivity contribution in [3.8, 4) is 0 Å². The van der Waals surface area contributed by atoms with E-state index < -0.39 is 15.8 Å². The third kappa shape index (κ3) is 3.80. The van der Waals surface area contributed by atoms with Gasteiger partial charge in [-0.3, -0.25) is 14.9 Å². The first-order chi connectivity index (χ1) is 8.43. The van der Waals surface area contributed by atoms with Crippen molar-refractivity contribution in [1.29, 1.82) is 0 Å². The second-order valence-electron chi connectivity index (χ2n) is 4.17. The summed E-state index contributed by atoms with van der Waals surface area (Å²) in [6, 6.07) is 9.05. The zero-order chi connectivity index (χ0) is 13.7. The Balaban J connectivity index is 2.96. The third-order valence-corrected chi connectivity index (χ3v) is 3.63. The number of nitrogens with zero attached hydrogens (tertiary/aromatic N) is 2. The van der Waals surface area contributed by atoms with Crippen molar-refractivity contribution in [3.05, 3.63) is 46.0 Å². The van der Waals surface area contributed by atoms with Gasteiger partial charge in [0.15, 0.2) is 0 Å². The molecular weight excluding hydrogens is 300 g/mol. The molecule has 0 saturated carbocycles. The highest BCUT2D eigenvalue weighted by Crippen LogP contribution is 2.29. The van der Waals surface area contributed by atoms with Gasteiger partial charge in [-0.2, -0.15) is 0 Å².